The van der Waals surface area contributed by atoms with E-state index in [9.17, 15) is 9.59 Å². The molecule has 0 radical (unpaired) electrons. The van der Waals surface area contributed by atoms with E-state index in [1.807, 2.05) is 0 Å². The van der Waals surface area contributed by atoms with Crippen LogP contribution in [0.5, 0.6) is 5.75 Å². The maximum Gasteiger partial charge on any atom is 0.341 e. The summed E-state index contributed by atoms with van der Waals surface area (Å²) < 4.78 is 5.70. The molecule has 7 heteroatoms. The van der Waals surface area contributed by atoms with E-state index in [1.54, 1.807) is 6.07 Å². The van der Waals surface area contributed by atoms with Gasteiger partial charge in [0.1, 0.15) is 17.8 Å². The minimum absolute atomic E-state index is 0.242. The van der Waals surface area contributed by atoms with E-state index in [-0.39, 0.29) is 10.9 Å². The number of H-pyrrole nitrogens is 1. The third-order valence-corrected chi connectivity index (χ3v) is 4.12. The predicted octanol–water partition coefficient (Wildman–Crippen LogP) is 0.982. The second kappa shape index (κ2) is 4.21. The second-order valence-corrected chi connectivity index (χ2v) is 5.34. The van der Waals surface area contributed by atoms with Crippen LogP contribution in [0.25, 0.3) is 11.0 Å². The highest BCUT2D eigenvalue weighted by Gasteiger charge is 2.33. The van der Waals surface area contributed by atoms with Crippen LogP contribution in [0.3, 0.4) is 0 Å². The average molecular weight is 287 g/mol. The standard InChI is InChI=1S/C14H13N3O4/c18-11-8-4-10-13(17-3-1-2-7(17)6-21-10)16-12(8)15-5-9(11)14(19)20/h4-5,7H,1-3,6H2,(H,19,20)(H,15,16,18)/t7-/m0/s1. The Balaban J connectivity index is 1.95. The van der Waals surface area contributed by atoms with Crippen molar-refractivity contribution in [2.45, 2.75) is 18.9 Å². The highest BCUT2D eigenvalue weighted by atomic mass is 16.5. The van der Waals surface area contributed by atoms with Crippen LogP contribution in [0.1, 0.15) is 23.2 Å². The summed E-state index contributed by atoms with van der Waals surface area (Å²) in [5.74, 6) is 0.0278. The van der Waals surface area contributed by atoms with Gasteiger partial charge in [0.05, 0.1) is 11.4 Å². The predicted molar refractivity (Wildman–Crippen MR) is 75.2 cm³/mol. The SMILES string of the molecule is O=C(O)c1c[nH]c2nc3c(cc2c1=O)OC[C@@H]1CCCN31. The number of aromatic amines is 1. The van der Waals surface area contributed by atoms with Gasteiger partial charge in [-0.15, -0.1) is 0 Å². The lowest BCUT2D eigenvalue weighted by molar-refractivity contribution is 0.0695. The number of carboxylic acids is 1. The normalized spacial score (nSPS) is 20.0. The molecule has 0 aliphatic carbocycles. The Hall–Kier alpha value is -2.57. The molecular formula is C14H13N3O4. The second-order valence-electron chi connectivity index (χ2n) is 5.34. The first kappa shape index (κ1) is 12.2. The summed E-state index contributed by atoms with van der Waals surface area (Å²) in [4.78, 5) is 32.7. The first-order valence-electron chi connectivity index (χ1n) is 6.84. The van der Waals surface area contributed by atoms with E-state index in [4.69, 9.17) is 9.84 Å². The fourth-order valence-corrected chi connectivity index (χ4v) is 3.06. The largest absolute Gasteiger partial charge is 0.488 e. The van der Waals surface area contributed by atoms with Crippen LogP contribution in [0, 0.1) is 0 Å². The van der Waals surface area contributed by atoms with Gasteiger partial charge in [-0.3, -0.25) is 4.79 Å². The van der Waals surface area contributed by atoms with Gasteiger partial charge in [-0.1, -0.05) is 0 Å². The number of carboxylic acid groups (broad SMARTS) is 1. The number of aromatic nitrogens is 2. The Bertz CT molecular complexity index is 814. The van der Waals surface area contributed by atoms with Gasteiger partial charge in [0.25, 0.3) is 0 Å². The third kappa shape index (κ3) is 1.70. The lowest BCUT2D eigenvalue weighted by Crippen LogP contribution is -2.38. The van der Waals surface area contributed by atoms with E-state index < -0.39 is 11.4 Å². The minimum Gasteiger partial charge on any atom is -0.488 e. The van der Waals surface area contributed by atoms with Crippen LogP contribution >= 0.6 is 0 Å². The first-order valence-corrected chi connectivity index (χ1v) is 6.84. The summed E-state index contributed by atoms with van der Waals surface area (Å²) in [6.07, 6.45) is 3.37. The van der Waals surface area contributed by atoms with E-state index in [2.05, 4.69) is 14.9 Å². The Morgan fingerprint density at radius 3 is 3.19 bits per heavy atom. The van der Waals surface area contributed by atoms with Crippen LogP contribution in [0.2, 0.25) is 0 Å². The van der Waals surface area contributed by atoms with Crippen molar-refractivity contribution in [2.75, 3.05) is 18.1 Å². The fourth-order valence-electron chi connectivity index (χ4n) is 3.06. The molecule has 7 nitrogen and oxygen atoms in total. The van der Waals surface area contributed by atoms with Crippen LogP contribution < -0.4 is 15.1 Å². The number of nitrogens with zero attached hydrogens (tertiary/aromatic N) is 2. The monoisotopic (exact) mass is 287 g/mol. The topological polar surface area (TPSA) is 95.5 Å². The summed E-state index contributed by atoms with van der Waals surface area (Å²) in [5, 5.41) is 9.25. The number of rotatable bonds is 1. The molecule has 21 heavy (non-hydrogen) atoms. The van der Waals surface area contributed by atoms with Gasteiger partial charge in [-0.2, -0.15) is 0 Å². The van der Waals surface area contributed by atoms with Crippen molar-refractivity contribution in [1.29, 1.82) is 0 Å². The van der Waals surface area contributed by atoms with E-state index in [0.717, 1.165) is 25.2 Å². The number of fused-ring (bicyclic) bond motifs is 4. The van der Waals surface area contributed by atoms with E-state index in [0.29, 0.717) is 24.0 Å². The highest BCUT2D eigenvalue weighted by Crippen LogP contribution is 2.37. The zero-order valence-corrected chi connectivity index (χ0v) is 11.1. The van der Waals surface area contributed by atoms with Crippen molar-refractivity contribution in [1.82, 2.24) is 9.97 Å². The molecule has 4 rings (SSSR count). The molecule has 0 spiro atoms. The number of pyridine rings is 2. The van der Waals surface area contributed by atoms with Crippen LogP contribution in [-0.2, 0) is 0 Å². The fraction of sp³-hybridized carbons (Fsp3) is 0.357. The van der Waals surface area contributed by atoms with Crippen molar-refractivity contribution < 1.29 is 14.6 Å². The molecule has 2 N–H and O–H groups in total. The molecule has 2 aromatic heterocycles. The minimum atomic E-state index is -1.25. The van der Waals surface area contributed by atoms with Crippen molar-refractivity contribution in [3.05, 3.63) is 28.0 Å². The Morgan fingerprint density at radius 1 is 1.52 bits per heavy atom. The summed E-state index contributed by atoms with van der Waals surface area (Å²) in [6, 6.07) is 1.93. The van der Waals surface area contributed by atoms with Gasteiger partial charge in [0.2, 0.25) is 5.43 Å². The Kier molecular flexibility index (Phi) is 2.44. The number of ether oxygens (including phenoxy) is 1. The molecule has 2 aliphatic heterocycles. The number of nitrogens with one attached hydrogen (secondary N) is 1. The molecule has 1 fully saturated rings. The molecule has 0 saturated carbocycles. The summed E-state index contributed by atoms with van der Waals surface area (Å²) in [7, 11) is 0. The molecule has 108 valence electrons. The number of anilines is 1. The average Bonchev–Trinajstić information content (AvgIpc) is 2.94. The molecule has 2 aromatic rings. The third-order valence-electron chi connectivity index (χ3n) is 4.12. The smallest absolute Gasteiger partial charge is 0.341 e. The van der Waals surface area contributed by atoms with Gasteiger partial charge in [-0.25, -0.2) is 9.78 Å². The molecule has 4 heterocycles. The number of hydrogen-bond donors (Lipinski definition) is 2. The maximum absolute atomic E-state index is 12.2. The zero-order valence-electron chi connectivity index (χ0n) is 11.1. The number of aromatic carboxylic acids is 1. The Labute approximate surface area is 119 Å². The first-order chi connectivity index (χ1) is 10.1. The van der Waals surface area contributed by atoms with Gasteiger partial charge in [-0.05, 0) is 18.9 Å². The molecule has 2 aliphatic rings. The van der Waals surface area contributed by atoms with Gasteiger partial charge >= 0.3 is 5.97 Å². The molecule has 1 saturated heterocycles. The van der Waals surface area contributed by atoms with Crippen LogP contribution in [0.15, 0.2) is 17.1 Å². The zero-order chi connectivity index (χ0) is 14.6. The summed E-state index contributed by atoms with van der Waals surface area (Å²) in [5.41, 5.74) is -0.447. The van der Waals surface area contributed by atoms with Crippen LogP contribution in [-0.4, -0.2) is 40.2 Å². The Morgan fingerprint density at radius 2 is 2.38 bits per heavy atom. The van der Waals surface area contributed by atoms with E-state index in [1.165, 1.54) is 6.20 Å². The number of hydrogen-bond acceptors (Lipinski definition) is 5. The quantitative estimate of drug-likeness (QED) is 0.812. The van der Waals surface area contributed by atoms with Crippen molar-refractivity contribution in [3.63, 3.8) is 0 Å². The molecular weight excluding hydrogens is 274 g/mol. The maximum atomic E-state index is 12.2. The molecule has 0 bridgehead atoms. The van der Waals surface area contributed by atoms with Crippen molar-refractivity contribution >= 4 is 22.8 Å². The van der Waals surface area contributed by atoms with Gasteiger partial charge in [0.15, 0.2) is 11.6 Å². The van der Waals surface area contributed by atoms with Crippen LogP contribution in [0.4, 0.5) is 5.82 Å². The van der Waals surface area contributed by atoms with E-state index >= 15 is 0 Å². The summed E-state index contributed by atoms with van der Waals surface area (Å²) in [6.45, 7) is 1.51. The molecule has 0 unspecified atom stereocenters. The molecule has 1 atom stereocenters. The summed E-state index contributed by atoms with van der Waals surface area (Å²) >= 11 is 0. The molecule has 0 amide bonds. The number of carbonyl (C=O) groups is 1. The van der Waals surface area contributed by atoms with Gasteiger partial charge < -0.3 is 19.7 Å². The van der Waals surface area contributed by atoms with Gasteiger partial charge in [0, 0.05) is 12.7 Å². The van der Waals surface area contributed by atoms with Crippen molar-refractivity contribution in [3.8, 4) is 5.75 Å². The lowest BCUT2D eigenvalue weighted by atomic mass is 10.1. The van der Waals surface area contributed by atoms with Crippen molar-refractivity contribution in [2.24, 2.45) is 0 Å². The molecule has 0 aromatic carbocycles. The highest BCUT2D eigenvalue weighted by molar-refractivity contribution is 5.92. The lowest BCUT2D eigenvalue weighted by Gasteiger charge is -2.32.